The first-order valence-electron chi connectivity index (χ1n) is 12.5. The fourth-order valence-electron chi connectivity index (χ4n) is 5.40. The minimum Gasteiger partial charge on any atom is -0.491 e. The standard InChI is InChI=1S/C28H38N2O3S/c1-5-34-26-11-6-21(7-12-26)28(31)29-23-16-24-9-10-25(17-23)30(24)18-22-8-13-27(20(3)19(22)2)33-15-14-32-4/h6-8,11-13,23-25H,5,9-10,14-18H2,1-4H3,(H,29,31). The first-order chi connectivity index (χ1) is 16.5. The summed E-state index contributed by atoms with van der Waals surface area (Å²) in [6.07, 6.45) is 4.50. The molecular weight excluding hydrogens is 444 g/mol. The number of thioether (sulfide) groups is 1. The Morgan fingerprint density at radius 3 is 2.38 bits per heavy atom. The molecule has 2 aliphatic heterocycles. The lowest BCUT2D eigenvalue weighted by atomic mass is 9.94. The van der Waals surface area contributed by atoms with Crippen molar-refractivity contribution < 1.29 is 14.3 Å². The van der Waals surface area contributed by atoms with Crippen LogP contribution in [0.5, 0.6) is 5.75 Å². The summed E-state index contributed by atoms with van der Waals surface area (Å²) in [5.41, 5.74) is 4.66. The number of nitrogens with one attached hydrogen (secondary N) is 1. The molecular formula is C28H38N2O3S. The largest absolute Gasteiger partial charge is 0.491 e. The van der Waals surface area contributed by atoms with Crippen molar-refractivity contribution in [2.75, 3.05) is 26.1 Å². The van der Waals surface area contributed by atoms with Crippen LogP contribution in [0.2, 0.25) is 0 Å². The molecule has 4 rings (SSSR count). The van der Waals surface area contributed by atoms with E-state index in [-0.39, 0.29) is 11.9 Å². The molecule has 0 radical (unpaired) electrons. The fourth-order valence-corrected chi connectivity index (χ4v) is 6.06. The average Bonchev–Trinajstić information content (AvgIpc) is 3.06. The predicted molar refractivity (Wildman–Crippen MR) is 139 cm³/mol. The van der Waals surface area contributed by atoms with Crippen molar-refractivity contribution in [3.63, 3.8) is 0 Å². The highest BCUT2D eigenvalue weighted by atomic mass is 32.2. The van der Waals surface area contributed by atoms with E-state index in [2.05, 4.69) is 43.1 Å². The van der Waals surface area contributed by atoms with Gasteiger partial charge < -0.3 is 14.8 Å². The molecule has 2 atom stereocenters. The van der Waals surface area contributed by atoms with Crippen molar-refractivity contribution in [2.45, 2.75) is 76.0 Å². The maximum atomic E-state index is 12.8. The summed E-state index contributed by atoms with van der Waals surface area (Å²) in [6, 6.07) is 13.6. The summed E-state index contributed by atoms with van der Waals surface area (Å²) < 4.78 is 11.0. The lowest BCUT2D eigenvalue weighted by Crippen LogP contribution is -2.50. The number of carbonyl (C=O) groups excluding carboxylic acids is 1. The van der Waals surface area contributed by atoms with Crippen LogP contribution in [-0.2, 0) is 11.3 Å². The second-order valence-electron chi connectivity index (χ2n) is 9.47. The molecule has 2 aromatic rings. The molecule has 5 nitrogen and oxygen atoms in total. The number of benzene rings is 2. The Hall–Kier alpha value is -2.02. The van der Waals surface area contributed by atoms with E-state index in [9.17, 15) is 4.79 Å². The van der Waals surface area contributed by atoms with E-state index < -0.39 is 0 Å². The third-order valence-corrected chi connectivity index (χ3v) is 8.29. The molecule has 2 heterocycles. The molecule has 0 aromatic heterocycles. The van der Waals surface area contributed by atoms with Gasteiger partial charge in [-0.05, 0) is 92.3 Å². The topological polar surface area (TPSA) is 50.8 Å². The van der Waals surface area contributed by atoms with Gasteiger partial charge in [0, 0.05) is 42.2 Å². The number of piperidine rings is 1. The van der Waals surface area contributed by atoms with E-state index in [4.69, 9.17) is 9.47 Å². The number of hydrogen-bond donors (Lipinski definition) is 1. The zero-order valence-corrected chi connectivity index (χ0v) is 21.7. The molecule has 6 heteroatoms. The van der Waals surface area contributed by atoms with E-state index in [0.29, 0.717) is 25.3 Å². The molecule has 2 aromatic carbocycles. The van der Waals surface area contributed by atoms with Gasteiger partial charge in [0.15, 0.2) is 0 Å². The number of fused-ring (bicyclic) bond motifs is 2. The number of methoxy groups -OCH3 is 1. The summed E-state index contributed by atoms with van der Waals surface area (Å²) >= 11 is 1.80. The molecule has 2 aliphatic rings. The highest BCUT2D eigenvalue weighted by molar-refractivity contribution is 7.99. The van der Waals surface area contributed by atoms with E-state index in [0.717, 1.165) is 36.5 Å². The second kappa shape index (κ2) is 11.6. The minimum atomic E-state index is 0.0569. The zero-order chi connectivity index (χ0) is 24.1. The van der Waals surface area contributed by atoms with Gasteiger partial charge in [-0.2, -0.15) is 0 Å². The lowest BCUT2D eigenvalue weighted by molar-refractivity contribution is 0.0827. The van der Waals surface area contributed by atoms with Crippen molar-refractivity contribution >= 4 is 17.7 Å². The summed E-state index contributed by atoms with van der Waals surface area (Å²) in [5.74, 6) is 2.05. The van der Waals surface area contributed by atoms with Crippen LogP contribution in [0.4, 0.5) is 0 Å². The first-order valence-corrected chi connectivity index (χ1v) is 13.5. The van der Waals surface area contributed by atoms with Crippen LogP contribution in [0.25, 0.3) is 0 Å². The number of carbonyl (C=O) groups is 1. The Morgan fingerprint density at radius 2 is 1.74 bits per heavy atom. The summed E-state index contributed by atoms with van der Waals surface area (Å²) in [6.45, 7) is 8.62. The summed E-state index contributed by atoms with van der Waals surface area (Å²) in [7, 11) is 1.69. The minimum absolute atomic E-state index is 0.0569. The molecule has 184 valence electrons. The first kappa shape index (κ1) is 25.1. The van der Waals surface area contributed by atoms with Gasteiger partial charge in [-0.3, -0.25) is 9.69 Å². The van der Waals surface area contributed by atoms with Crippen LogP contribution in [0.1, 0.15) is 59.7 Å². The number of amides is 1. The van der Waals surface area contributed by atoms with E-state index >= 15 is 0 Å². The van der Waals surface area contributed by atoms with Crippen molar-refractivity contribution in [1.29, 1.82) is 0 Å². The summed E-state index contributed by atoms with van der Waals surface area (Å²) in [5, 5.41) is 3.33. The maximum absolute atomic E-state index is 12.8. The smallest absolute Gasteiger partial charge is 0.251 e. The van der Waals surface area contributed by atoms with Crippen LogP contribution in [-0.4, -0.2) is 55.0 Å². The van der Waals surface area contributed by atoms with Crippen molar-refractivity contribution in [3.05, 3.63) is 58.7 Å². The van der Waals surface area contributed by atoms with Crippen LogP contribution >= 0.6 is 11.8 Å². The number of ether oxygens (including phenoxy) is 2. The van der Waals surface area contributed by atoms with Gasteiger partial charge in [0.1, 0.15) is 12.4 Å². The number of hydrogen-bond acceptors (Lipinski definition) is 5. The molecule has 2 unspecified atom stereocenters. The van der Waals surface area contributed by atoms with Gasteiger partial charge >= 0.3 is 0 Å². The van der Waals surface area contributed by atoms with Crippen LogP contribution < -0.4 is 10.1 Å². The van der Waals surface area contributed by atoms with Crippen LogP contribution in [0, 0.1) is 13.8 Å². The SMILES string of the molecule is CCSc1ccc(C(=O)NC2CC3CCC(C2)N3Cc2ccc(OCCOC)c(C)c2C)cc1. The Morgan fingerprint density at radius 1 is 1.03 bits per heavy atom. The zero-order valence-electron chi connectivity index (χ0n) is 20.9. The maximum Gasteiger partial charge on any atom is 0.251 e. The molecule has 0 aliphatic carbocycles. The van der Waals surface area contributed by atoms with Gasteiger partial charge in [-0.25, -0.2) is 0 Å². The Bertz CT molecular complexity index is 964. The Balaban J connectivity index is 1.35. The van der Waals surface area contributed by atoms with Crippen molar-refractivity contribution in [3.8, 4) is 5.75 Å². The Labute approximate surface area is 208 Å². The van der Waals surface area contributed by atoms with E-state index in [1.807, 2.05) is 24.3 Å². The molecule has 2 saturated heterocycles. The van der Waals surface area contributed by atoms with Crippen LogP contribution in [0.15, 0.2) is 41.3 Å². The van der Waals surface area contributed by atoms with Gasteiger partial charge in [-0.1, -0.05) is 13.0 Å². The molecule has 1 amide bonds. The second-order valence-corrected chi connectivity index (χ2v) is 10.8. The molecule has 2 bridgehead atoms. The normalized spacial score (nSPS) is 22.1. The average molecular weight is 483 g/mol. The fraction of sp³-hybridized carbons (Fsp3) is 0.536. The van der Waals surface area contributed by atoms with Gasteiger partial charge in [0.05, 0.1) is 6.61 Å². The third kappa shape index (κ3) is 5.78. The molecule has 34 heavy (non-hydrogen) atoms. The number of nitrogens with zero attached hydrogens (tertiary/aromatic N) is 1. The number of rotatable bonds is 10. The third-order valence-electron chi connectivity index (χ3n) is 7.39. The molecule has 0 spiro atoms. The van der Waals surface area contributed by atoms with Gasteiger partial charge in [0.25, 0.3) is 5.91 Å². The quantitative estimate of drug-likeness (QED) is 0.365. The van der Waals surface area contributed by atoms with Gasteiger partial charge in [-0.15, -0.1) is 11.8 Å². The van der Waals surface area contributed by atoms with Crippen molar-refractivity contribution in [1.82, 2.24) is 10.2 Å². The molecule has 2 fully saturated rings. The van der Waals surface area contributed by atoms with Crippen LogP contribution in [0.3, 0.4) is 0 Å². The monoisotopic (exact) mass is 482 g/mol. The highest BCUT2D eigenvalue weighted by Gasteiger charge is 2.41. The predicted octanol–water partition coefficient (Wildman–Crippen LogP) is 5.37. The molecule has 0 saturated carbocycles. The summed E-state index contributed by atoms with van der Waals surface area (Å²) in [4.78, 5) is 16.7. The van der Waals surface area contributed by atoms with Crippen molar-refractivity contribution in [2.24, 2.45) is 0 Å². The lowest BCUT2D eigenvalue weighted by Gasteiger charge is -2.39. The van der Waals surface area contributed by atoms with E-state index in [1.165, 1.54) is 34.4 Å². The van der Waals surface area contributed by atoms with Gasteiger partial charge in [0.2, 0.25) is 0 Å². The Kier molecular flexibility index (Phi) is 8.56. The van der Waals surface area contributed by atoms with E-state index in [1.54, 1.807) is 18.9 Å². The highest BCUT2D eigenvalue weighted by Crippen LogP contribution is 2.38. The molecule has 1 N–H and O–H groups in total.